The van der Waals surface area contributed by atoms with Gasteiger partial charge in [0.2, 0.25) is 0 Å². The third kappa shape index (κ3) is 1.81. The van der Waals surface area contributed by atoms with Gasteiger partial charge in [0.25, 0.3) is 0 Å². The number of hydrogen-bond donors (Lipinski definition) is 2. The van der Waals surface area contributed by atoms with E-state index in [9.17, 15) is 13.6 Å². The molecule has 0 saturated carbocycles. The van der Waals surface area contributed by atoms with E-state index in [1.165, 1.54) is 0 Å². The van der Waals surface area contributed by atoms with E-state index < -0.39 is 29.3 Å². The van der Waals surface area contributed by atoms with Gasteiger partial charge in [-0.1, -0.05) is 6.07 Å². The smallest absolute Gasteiger partial charge is 0.337 e. The van der Waals surface area contributed by atoms with Gasteiger partial charge in [0.15, 0.2) is 6.10 Å². The number of rotatable bonds is 2. The van der Waals surface area contributed by atoms with E-state index in [0.29, 0.717) is 0 Å². The highest BCUT2D eigenvalue weighted by Gasteiger charge is 2.23. The lowest BCUT2D eigenvalue weighted by Crippen LogP contribution is -2.14. The molecule has 0 radical (unpaired) electrons. The summed E-state index contributed by atoms with van der Waals surface area (Å²) in [5, 5.41) is 17.2. The van der Waals surface area contributed by atoms with Crippen molar-refractivity contribution in [3.8, 4) is 0 Å². The average molecular weight is 188 g/mol. The maximum atomic E-state index is 12.8. The second kappa shape index (κ2) is 3.49. The molecule has 0 aliphatic rings. The van der Waals surface area contributed by atoms with Crippen LogP contribution in [0, 0.1) is 11.6 Å². The molecule has 0 unspecified atom stereocenters. The second-order valence-electron chi connectivity index (χ2n) is 2.38. The Hall–Kier alpha value is -1.49. The number of halogens is 2. The predicted octanol–water partition coefficient (Wildman–Crippen LogP) is 1.08. The Morgan fingerprint density at radius 3 is 2.15 bits per heavy atom. The number of benzene rings is 1. The van der Waals surface area contributed by atoms with E-state index in [1.807, 2.05) is 0 Å². The first-order valence-electron chi connectivity index (χ1n) is 3.39. The largest absolute Gasteiger partial charge is 0.479 e. The Kier molecular flexibility index (Phi) is 2.57. The molecule has 0 aliphatic carbocycles. The summed E-state index contributed by atoms with van der Waals surface area (Å²) in [7, 11) is 0. The Bertz CT molecular complexity index is 318. The minimum absolute atomic E-state index is 0.838. The molecule has 0 bridgehead atoms. The molecule has 2 N–H and O–H groups in total. The summed E-state index contributed by atoms with van der Waals surface area (Å²) in [5.74, 6) is -3.84. The molecule has 3 nitrogen and oxygen atoms in total. The number of aliphatic carboxylic acids is 1. The van der Waals surface area contributed by atoms with E-state index in [2.05, 4.69) is 0 Å². The standard InChI is InChI=1S/C8H6F2O3/c9-4-2-1-3-5(10)6(4)7(11)8(12)13/h1-3,7,11H,(H,12,13)/t7-/m0/s1. The molecular weight excluding hydrogens is 182 g/mol. The van der Waals surface area contributed by atoms with E-state index in [0.717, 1.165) is 18.2 Å². The summed E-state index contributed by atoms with van der Waals surface area (Å²) in [6, 6.07) is 2.85. The summed E-state index contributed by atoms with van der Waals surface area (Å²) in [6.07, 6.45) is -2.17. The van der Waals surface area contributed by atoms with Crippen LogP contribution in [-0.4, -0.2) is 16.2 Å². The fourth-order valence-corrected chi connectivity index (χ4v) is 0.895. The van der Waals surface area contributed by atoms with Crippen LogP contribution in [0.2, 0.25) is 0 Å². The summed E-state index contributed by atoms with van der Waals surface area (Å²) in [5.41, 5.74) is -0.838. The number of carboxylic acids is 1. The maximum Gasteiger partial charge on any atom is 0.337 e. The first-order valence-corrected chi connectivity index (χ1v) is 3.39. The normalized spacial score (nSPS) is 12.5. The molecule has 1 aromatic rings. The summed E-state index contributed by atoms with van der Waals surface area (Å²) in [4.78, 5) is 10.2. The van der Waals surface area contributed by atoms with E-state index in [-0.39, 0.29) is 0 Å². The SMILES string of the molecule is O=C(O)[C@@H](O)c1c(F)cccc1F. The van der Waals surface area contributed by atoms with Gasteiger partial charge < -0.3 is 10.2 Å². The van der Waals surface area contributed by atoms with Crippen LogP contribution in [0.3, 0.4) is 0 Å². The van der Waals surface area contributed by atoms with Gasteiger partial charge in [-0.25, -0.2) is 13.6 Å². The topological polar surface area (TPSA) is 57.5 Å². The Morgan fingerprint density at radius 1 is 1.31 bits per heavy atom. The zero-order valence-corrected chi connectivity index (χ0v) is 6.37. The Balaban J connectivity index is 3.20. The van der Waals surface area contributed by atoms with Gasteiger partial charge >= 0.3 is 5.97 Å². The minimum Gasteiger partial charge on any atom is -0.479 e. The van der Waals surface area contributed by atoms with E-state index in [4.69, 9.17) is 10.2 Å². The molecule has 0 spiro atoms. The average Bonchev–Trinajstić information content (AvgIpc) is 2.03. The fourth-order valence-electron chi connectivity index (χ4n) is 0.895. The van der Waals surface area contributed by atoms with Crippen molar-refractivity contribution in [1.29, 1.82) is 0 Å². The number of hydrogen-bond acceptors (Lipinski definition) is 2. The molecule has 0 aliphatic heterocycles. The molecule has 1 aromatic carbocycles. The molecule has 1 atom stereocenters. The van der Waals surface area contributed by atoms with Crippen LogP contribution in [0.5, 0.6) is 0 Å². The lowest BCUT2D eigenvalue weighted by molar-refractivity contribution is -0.147. The zero-order chi connectivity index (χ0) is 10.0. The van der Waals surface area contributed by atoms with Crippen LogP contribution in [0.15, 0.2) is 18.2 Å². The third-order valence-electron chi connectivity index (χ3n) is 1.51. The van der Waals surface area contributed by atoms with Gasteiger partial charge in [-0.15, -0.1) is 0 Å². The first-order chi connectivity index (χ1) is 6.04. The molecule has 0 fully saturated rings. The lowest BCUT2D eigenvalue weighted by Gasteiger charge is -2.07. The van der Waals surface area contributed by atoms with Crippen molar-refractivity contribution in [3.63, 3.8) is 0 Å². The molecule has 0 amide bonds. The molecule has 5 heteroatoms. The molecule has 0 aromatic heterocycles. The highest BCUT2D eigenvalue weighted by atomic mass is 19.1. The molecule has 1 rings (SSSR count). The van der Waals surface area contributed by atoms with Crippen LogP contribution in [-0.2, 0) is 4.79 Å². The number of carboxylic acid groups (broad SMARTS) is 1. The minimum atomic E-state index is -2.17. The van der Waals surface area contributed by atoms with E-state index in [1.54, 1.807) is 0 Å². The Labute approximate surface area is 72.2 Å². The molecule has 0 heterocycles. The number of aliphatic hydroxyl groups excluding tert-OH is 1. The van der Waals surface area contributed by atoms with Crippen LogP contribution >= 0.6 is 0 Å². The lowest BCUT2D eigenvalue weighted by atomic mass is 10.1. The number of carbonyl (C=O) groups is 1. The fraction of sp³-hybridized carbons (Fsp3) is 0.125. The van der Waals surface area contributed by atoms with Crippen LogP contribution in [0.25, 0.3) is 0 Å². The van der Waals surface area contributed by atoms with Gasteiger partial charge in [-0.3, -0.25) is 0 Å². The van der Waals surface area contributed by atoms with Crippen molar-refractivity contribution in [3.05, 3.63) is 35.4 Å². The molecule has 13 heavy (non-hydrogen) atoms. The van der Waals surface area contributed by atoms with Crippen molar-refractivity contribution in [2.45, 2.75) is 6.10 Å². The summed E-state index contributed by atoms with van der Waals surface area (Å²) >= 11 is 0. The van der Waals surface area contributed by atoms with Crippen molar-refractivity contribution in [2.24, 2.45) is 0 Å². The molecule has 70 valence electrons. The van der Waals surface area contributed by atoms with Crippen molar-refractivity contribution < 1.29 is 23.8 Å². The zero-order valence-electron chi connectivity index (χ0n) is 6.37. The third-order valence-corrected chi connectivity index (χ3v) is 1.51. The maximum absolute atomic E-state index is 12.8. The van der Waals surface area contributed by atoms with Crippen LogP contribution in [0.1, 0.15) is 11.7 Å². The van der Waals surface area contributed by atoms with Crippen molar-refractivity contribution in [2.75, 3.05) is 0 Å². The summed E-state index contributed by atoms with van der Waals surface area (Å²) in [6.45, 7) is 0. The highest BCUT2D eigenvalue weighted by Crippen LogP contribution is 2.20. The number of aliphatic hydroxyl groups is 1. The van der Waals surface area contributed by atoms with Gasteiger partial charge in [0.05, 0.1) is 5.56 Å². The van der Waals surface area contributed by atoms with Gasteiger partial charge in [-0.2, -0.15) is 0 Å². The second-order valence-corrected chi connectivity index (χ2v) is 2.38. The monoisotopic (exact) mass is 188 g/mol. The van der Waals surface area contributed by atoms with E-state index >= 15 is 0 Å². The molecular formula is C8H6F2O3. The first kappa shape index (κ1) is 9.60. The molecule has 0 saturated heterocycles. The quantitative estimate of drug-likeness (QED) is 0.730. The Morgan fingerprint density at radius 2 is 1.77 bits per heavy atom. The van der Waals surface area contributed by atoms with Crippen molar-refractivity contribution >= 4 is 5.97 Å². The van der Waals surface area contributed by atoms with Crippen molar-refractivity contribution in [1.82, 2.24) is 0 Å². The van der Waals surface area contributed by atoms with Gasteiger partial charge in [-0.05, 0) is 12.1 Å². The highest BCUT2D eigenvalue weighted by molar-refractivity contribution is 5.74. The van der Waals surface area contributed by atoms with Gasteiger partial charge in [0, 0.05) is 0 Å². The van der Waals surface area contributed by atoms with Gasteiger partial charge in [0.1, 0.15) is 11.6 Å². The van der Waals surface area contributed by atoms with Crippen LogP contribution in [0.4, 0.5) is 8.78 Å². The summed E-state index contributed by atoms with van der Waals surface area (Å²) < 4.78 is 25.6. The predicted molar refractivity (Wildman–Crippen MR) is 39.0 cm³/mol. The van der Waals surface area contributed by atoms with Crippen LogP contribution < -0.4 is 0 Å².